The molecule has 0 unspecified atom stereocenters. The zero-order chi connectivity index (χ0) is 20.8. The second-order valence-corrected chi connectivity index (χ2v) is 7.65. The van der Waals surface area contributed by atoms with E-state index >= 15 is 0 Å². The molecule has 2 aromatic rings. The van der Waals surface area contributed by atoms with Crippen LogP contribution in [0.2, 0.25) is 10.0 Å². The van der Waals surface area contributed by atoms with Crippen LogP contribution in [-0.4, -0.2) is 32.1 Å². The number of amides is 2. The van der Waals surface area contributed by atoms with Gasteiger partial charge in [0, 0.05) is 24.8 Å². The first kappa shape index (κ1) is 21.4. The maximum absolute atomic E-state index is 12.6. The monoisotopic (exact) mass is 436 g/mol. The molecule has 0 radical (unpaired) electrons. The van der Waals surface area contributed by atoms with Crippen molar-refractivity contribution in [1.82, 2.24) is 0 Å². The molecule has 154 valence electrons. The van der Waals surface area contributed by atoms with Crippen LogP contribution in [0.5, 0.6) is 5.75 Å². The van der Waals surface area contributed by atoms with Crippen molar-refractivity contribution in [2.75, 3.05) is 31.0 Å². The number of carbonyl (C=O) groups excluding carboxylic acids is 2. The largest absolute Gasteiger partial charge is 0.489 e. The normalized spacial score (nSPS) is 13.1. The molecule has 1 aliphatic carbocycles. The van der Waals surface area contributed by atoms with Crippen molar-refractivity contribution < 1.29 is 19.1 Å². The highest BCUT2D eigenvalue weighted by Gasteiger charge is 2.25. The molecule has 0 bridgehead atoms. The van der Waals surface area contributed by atoms with Crippen molar-refractivity contribution in [3.8, 4) is 5.75 Å². The quantitative estimate of drug-likeness (QED) is 0.541. The van der Waals surface area contributed by atoms with Gasteiger partial charge in [-0.3, -0.25) is 9.59 Å². The first-order valence-corrected chi connectivity index (χ1v) is 10.0. The van der Waals surface area contributed by atoms with Gasteiger partial charge in [-0.2, -0.15) is 0 Å². The summed E-state index contributed by atoms with van der Waals surface area (Å²) < 4.78 is 10.7. The Kier molecular flexibility index (Phi) is 7.36. The van der Waals surface area contributed by atoms with Gasteiger partial charge in [-0.1, -0.05) is 23.2 Å². The van der Waals surface area contributed by atoms with Gasteiger partial charge >= 0.3 is 0 Å². The minimum atomic E-state index is -0.343. The second-order valence-electron chi connectivity index (χ2n) is 6.83. The van der Waals surface area contributed by atoms with Crippen molar-refractivity contribution in [3.05, 3.63) is 52.0 Å². The molecule has 1 saturated carbocycles. The van der Waals surface area contributed by atoms with Gasteiger partial charge in [-0.05, 0) is 55.2 Å². The summed E-state index contributed by atoms with van der Waals surface area (Å²) in [5.41, 5.74) is 1.34. The minimum absolute atomic E-state index is 0.0915. The fourth-order valence-corrected chi connectivity index (χ4v) is 2.99. The van der Waals surface area contributed by atoms with E-state index in [1.807, 2.05) is 0 Å². The van der Waals surface area contributed by atoms with Gasteiger partial charge in [0.1, 0.15) is 12.4 Å². The highest BCUT2D eigenvalue weighted by Crippen LogP contribution is 2.33. The highest BCUT2D eigenvalue weighted by molar-refractivity contribution is 6.42. The number of methoxy groups -OCH3 is 1. The zero-order valence-corrected chi connectivity index (χ0v) is 17.5. The van der Waals surface area contributed by atoms with Crippen LogP contribution in [0.1, 0.15) is 29.6 Å². The van der Waals surface area contributed by atoms with Gasteiger partial charge < -0.3 is 20.1 Å². The van der Waals surface area contributed by atoms with Gasteiger partial charge in [0.2, 0.25) is 5.91 Å². The van der Waals surface area contributed by atoms with Crippen molar-refractivity contribution >= 4 is 46.4 Å². The number of halogens is 2. The van der Waals surface area contributed by atoms with E-state index in [-0.39, 0.29) is 11.8 Å². The third-order valence-electron chi connectivity index (χ3n) is 4.41. The molecule has 0 saturated heterocycles. The van der Waals surface area contributed by atoms with Gasteiger partial charge in [0.15, 0.2) is 0 Å². The Labute approximate surface area is 179 Å². The predicted octanol–water partition coefficient (Wildman–Crippen LogP) is 5.01. The fraction of sp³-hybridized carbons (Fsp3) is 0.333. The molecule has 0 heterocycles. The zero-order valence-electron chi connectivity index (χ0n) is 16.0. The Hall–Kier alpha value is -2.28. The molecule has 0 spiro atoms. The number of hydrogen-bond donors (Lipinski definition) is 2. The Morgan fingerprint density at radius 2 is 1.83 bits per heavy atom. The minimum Gasteiger partial charge on any atom is -0.489 e. The van der Waals surface area contributed by atoms with Crippen LogP contribution in [0.25, 0.3) is 0 Å². The summed E-state index contributed by atoms with van der Waals surface area (Å²) in [4.78, 5) is 24.9. The number of nitrogens with one attached hydrogen (secondary N) is 2. The molecule has 8 heteroatoms. The number of benzene rings is 2. The molecular weight excluding hydrogens is 415 g/mol. The molecule has 2 N–H and O–H groups in total. The summed E-state index contributed by atoms with van der Waals surface area (Å²) in [6.07, 6.45) is 2.63. The van der Waals surface area contributed by atoms with E-state index < -0.39 is 0 Å². The van der Waals surface area contributed by atoms with Crippen molar-refractivity contribution in [1.29, 1.82) is 0 Å². The number of rotatable bonds is 9. The second kappa shape index (κ2) is 9.96. The standard InChI is InChI=1S/C21H22Cl2N2O4/c1-28-8-9-29-19-7-4-14(11-18(19)25-20(26)10-13-2-3-13)21(27)24-15-5-6-16(22)17(23)12-15/h4-7,11-13H,2-3,8-10H2,1H3,(H,24,27)(H,25,26). The SMILES string of the molecule is COCCOc1ccc(C(=O)Nc2ccc(Cl)c(Cl)c2)cc1NC(=O)CC1CC1. The van der Waals surface area contributed by atoms with Crippen molar-refractivity contribution in [3.63, 3.8) is 0 Å². The molecule has 0 aliphatic heterocycles. The Morgan fingerprint density at radius 3 is 2.52 bits per heavy atom. The molecule has 0 atom stereocenters. The van der Waals surface area contributed by atoms with Crippen LogP contribution >= 0.6 is 23.2 Å². The van der Waals surface area contributed by atoms with Crippen LogP contribution in [0.15, 0.2) is 36.4 Å². The average Bonchev–Trinajstić information content (AvgIpc) is 3.49. The summed E-state index contributed by atoms with van der Waals surface area (Å²) in [6.45, 7) is 0.742. The van der Waals surface area contributed by atoms with Crippen LogP contribution in [-0.2, 0) is 9.53 Å². The van der Waals surface area contributed by atoms with Crippen LogP contribution in [0.3, 0.4) is 0 Å². The van der Waals surface area contributed by atoms with Crippen LogP contribution < -0.4 is 15.4 Å². The molecule has 2 amide bonds. The summed E-state index contributed by atoms with van der Waals surface area (Å²) >= 11 is 11.9. The summed E-state index contributed by atoms with van der Waals surface area (Å²) in [5, 5.41) is 6.38. The van der Waals surface area contributed by atoms with Crippen molar-refractivity contribution in [2.24, 2.45) is 5.92 Å². The number of carbonyl (C=O) groups is 2. The molecule has 0 aromatic heterocycles. The third-order valence-corrected chi connectivity index (χ3v) is 5.15. The molecule has 3 rings (SSSR count). The molecule has 1 fully saturated rings. The first-order valence-electron chi connectivity index (χ1n) is 9.28. The molecular formula is C21H22Cl2N2O4. The van der Waals surface area contributed by atoms with Gasteiger partial charge in [0.05, 0.1) is 22.3 Å². The molecule has 29 heavy (non-hydrogen) atoms. The average molecular weight is 437 g/mol. The van der Waals surface area contributed by atoms with E-state index in [2.05, 4.69) is 10.6 Å². The maximum Gasteiger partial charge on any atom is 0.255 e. The van der Waals surface area contributed by atoms with E-state index in [1.54, 1.807) is 43.5 Å². The van der Waals surface area contributed by atoms with E-state index in [9.17, 15) is 9.59 Å². The number of ether oxygens (including phenoxy) is 2. The van der Waals surface area contributed by atoms with E-state index in [0.717, 1.165) is 12.8 Å². The van der Waals surface area contributed by atoms with E-state index in [0.29, 0.717) is 58.3 Å². The first-order chi connectivity index (χ1) is 14.0. The summed E-state index contributed by atoms with van der Waals surface area (Å²) in [7, 11) is 1.58. The summed E-state index contributed by atoms with van der Waals surface area (Å²) in [6, 6.07) is 9.72. The van der Waals surface area contributed by atoms with E-state index in [1.165, 1.54) is 0 Å². The van der Waals surface area contributed by atoms with Crippen LogP contribution in [0.4, 0.5) is 11.4 Å². The highest BCUT2D eigenvalue weighted by atomic mass is 35.5. The third kappa shape index (κ3) is 6.35. The van der Waals surface area contributed by atoms with Crippen LogP contribution in [0, 0.1) is 5.92 Å². The number of anilines is 2. The molecule has 6 nitrogen and oxygen atoms in total. The van der Waals surface area contributed by atoms with Gasteiger partial charge in [-0.15, -0.1) is 0 Å². The Morgan fingerprint density at radius 1 is 1.03 bits per heavy atom. The Balaban J connectivity index is 1.75. The fourth-order valence-electron chi connectivity index (χ4n) is 2.69. The molecule has 2 aromatic carbocycles. The number of hydrogen-bond acceptors (Lipinski definition) is 4. The van der Waals surface area contributed by atoms with Crippen molar-refractivity contribution in [2.45, 2.75) is 19.3 Å². The predicted molar refractivity (Wildman–Crippen MR) is 114 cm³/mol. The smallest absolute Gasteiger partial charge is 0.255 e. The topological polar surface area (TPSA) is 76.7 Å². The lowest BCUT2D eigenvalue weighted by atomic mass is 10.1. The van der Waals surface area contributed by atoms with Gasteiger partial charge in [0.25, 0.3) is 5.91 Å². The molecule has 1 aliphatic rings. The lowest BCUT2D eigenvalue weighted by Gasteiger charge is -2.14. The lowest BCUT2D eigenvalue weighted by Crippen LogP contribution is -2.16. The summed E-state index contributed by atoms with van der Waals surface area (Å²) in [5.74, 6) is 0.502. The lowest BCUT2D eigenvalue weighted by molar-refractivity contribution is -0.116. The Bertz CT molecular complexity index is 900. The van der Waals surface area contributed by atoms with E-state index in [4.69, 9.17) is 32.7 Å². The maximum atomic E-state index is 12.6. The van der Waals surface area contributed by atoms with Gasteiger partial charge in [-0.25, -0.2) is 0 Å².